The summed E-state index contributed by atoms with van der Waals surface area (Å²) < 4.78 is 3.30. The fourth-order valence-electron chi connectivity index (χ4n) is 3.74. The first-order valence-corrected chi connectivity index (χ1v) is 9.96. The van der Waals surface area contributed by atoms with Crippen LogP contribution < -0.4 is 10.9 Å². The Morgan fingerprint density at radius 1 is 1.03 bits per heavy atom. The van der Waals surface area contributed by atoms with Gasteiger partial charge in [-0.3, -0.25) is 9.59 Å². The number of carbonyl (C=O) groups excluding carboxylic acids is 1. The van der Waals surface area contributed by atoms with Crippen LogP contribution in [0, 0.1) is 0 Å². The van der Waals surface area contributed by atoms with Crippen molar-refractivity contribution in [1.82, 2.24) is 19.7 Å². The van der Waals surface area contributed by atoms with E-state index in [1.165, 1.54) is 4.68 Å². The molecule has 0 atom stereocenters. The number of benzene rings is 2. The molecule has 0 aliphatic carbocycles. The maximum Gasteiger partial charge on any atom is 0.291 e. The number of fused-ring (bicyclic) bond motifs is 3. The van der Waals surface area contributed by atoms with Gasteiger partial charge in [-0.15, -0.1) is 0 Å². The summed E-state index contributed by atoms with van der Waals surface area (Å²) in [5.74, 6) is -0.215. The van der Waals surface area contributed by atoms with Crippen LogP contribution in [0.2, 0.25) is 0 Å². The largest absolute Gasteiger partial charge is 0.354 e. The Morgan fingerprint density at radius 2 is 1.79 bits per heavy atom. The second kappa shape index (κ2) is 8.31. The summed E-state index contributed by atoms with van der Waals surface area (Å²) >= 11 is 0. The zero-order valence-corrected chi connectivity index (χ0v) is 16.5. The van der Waals surface area contributed by atoms with E-state index in [9.17, 15) is 9.59 Å². The summed E-state index contributed by atoms with van der Waals surface area (Å²) in [6, 6.07) is 17.9. The summed E-state index contributed by atoms with van der Waals surface area (Å²) in [5.41, 5.74) is 2.56. The summed E-state index contributed by atoms with van der Waals surface area (Å²) in [5, 5.41) is 8.99. The van der Waals surface area contributed by atoms with Gasteiger partial charge in [-0.05, 0) is 24.5 Å². The van der Waals surface area contributed by atoms with Gasteiger partial charge < -0.3 is 9.88 Å². The Kier molecular flexibility index (Phi) is 5.42. The van der Waals surface area contributed by atoms with Gasteiger partial charge in [0, 0.05) is 29.4 Å². The van der Waals surface area contributed by atoms with Gasteiger partial charge in [-0.2, -0.15) is 5.10 Å². The molecule has 0 aliphatic heterocycles. The molecule has 0 spiro atoms. The van der Waals surface area contributed by atoms with Crippen molar-refractivity contribution >= 4 is 27.7 Å². The number of hydrogen-bond acceptors (Lipinski definition) is 3. The first-order chi connectivity index (χ1) is 14.2. The van der Waals surface area contributed by atoms with E-state index in [-0.39, 0.29) is 18.0 Å². The smallest absolute Gasteiger partial charge is 0.291 e. The minimum Gasteiger partial charge on any atom is -0.354 e. The van der Waals surface area contributed by atoms with E-state index in [1.54, 1.807) is 6.20 Å². The predicted octanol–water partition coefficient (Wildman–Crippen LogP) is 3.12. The lowest BCUT2D eigenvalue weighted by atomic mass is 10.1. The van der Waals surface area contributed by atoms with E-state index in [4.69, 9.17) is 0 Å². The topological polar surface area (TPSA) is 68.9 Å². The molecule has 0 aliphatic rings. The van der Waals surface area contributed by atoms with Gasteiger partial charge in [0.25, 0.3) is 5.56 Å². The van der Waals surface area contributed by atoms with E-state index in [1.807, 2.05) is 59.2 Å². The van der Waals surface area contributed by atoms with E-state index in [0.717, 1.165) is 41.2 Å². The highest BCUT2D eigenvalue weighted by Gasteiger charge is 2.16. The van der Waals surface area contributed by atoms with Crippen molar-refractivity contribution in [3.63, 3.8) is 0 Å². The number of nitrogens with one attached hydrogen (secondary N) is 1. The molecule has 29 heavy (non-hydrogen) atoms. The van der Waals surface area contributed by atoms with E-state index < -0.39 is 0 Å². The number of carbonyl (C=O) groups is 1. The van der Waals surface area contributed by atoms with Crippen molar-refractivity contribution in [2.45, 2.75) is 32.9 Å². The summed E-state index contributed by atoms with van der Waals surface area (Å²) in [4.78, 5) is 25.5. The molecule has 148 valence electrons. The van der Waals surface area contributed by atoms with Crippen molar-refractivity contribution in [3.8, 4) is 0 Å². The molecule has 2 aromatic heterocycles. The molecule has 0 saturated carbocycles. The normalized spacial score (nSPS) is 11.2. The summed E-state index contributed by atoms with van der Waals surface area (Å²) in [6.45, 7) is 3.26. The van der Waals surface area contributed by atoms with Gasteiger partial charge in [-0.1, -0.05) is 55.5 Å². The Bertz CT molecular complexity index is 1210. The van der Waals surface area contributed by atoms with Crippen LogP contribution in [0.25, 0.3) is 21.8 Å². The third kappa shape index (κ3) is 3.78. The van der Waals surface area contributed by atoms with Gasteiger partial charge >= 0.3 is 0 Å². The van der Waals surface area contributed by atoms with Crippen molar-refractivity contribution in [2.75, 3.05) is 6.54 Å². The van der Waals surface area contributed by atoms with Crippen LogP contribution in [0.4, 0.5) is 0 Å². The fraction of sp³-hybridized carbons (Fsp3) is 0.261. The molecule has 0 radical (unpaired) electrons. The van der Waals surface area contributed by atoms with Gasteiger partial charge in [0.1, 0.15) is 12.1 Å². The standard InChI is InChI=1S/C23H24N4O2/c1-2-14-26-20-11-7-6-10-18(20)19-15-25-27(23(29)22(19)26)16-21(28)24-13-12-17-8-4-3-5-9-17/h3-11,15H,2,12-14,16H2,1H3,(H,24,28). The van der Waals surface area contributed by atoms with Gasteiger partial charge in [0.15, 0.2) is 0 Å². The SMILES string of the molecule is CCCn1c2ccccc2c2cnn(CC(=O)NCCc3ccccc3)c(=O)c21. The average molecular weight is 388 g/mol. The molecule has 0 saturated heterocycles. The van der Waals surface area contributed by atoms with Crippen LogP contribution in [0.1, 0.15) is 18.9 Å². The molecule has 6 nitrogen and oxygen atoms in total. The highest BCUT2D eigenvalue weighted by atomic mass is 16.2. The second-order valence-corrected chi connectivity index (χ2v) is 7.12. The third-order valence-corrected chi connectivity index (χ3v) is 5.09. The molecule has 0 bridgehead atoms. The number of rotatable bonds is 7. The number of nitrogens with zero attached hydrogens (tertiary/aromatic N) is 3. The average Bonchev–Trinajstić information content (AvgIpc) is 3.06. The lowest BCUT2D eigenvalue weighted by Gasteiger charge is -2.08. The van der Waals surface area contributed by atoms with Crippen molar-refractivity contribution < 1.29 is 4.79 Å². The molecular formula is C23H24N4O2. The lowest BCUT2D eigenvalue weighted by molar-refractivity contribution is -0.121. The minimum atomic E-state index is -0.231. The number of amides is 1. The molecule has 4 aromatic rings. The Labute approximate surface area is 168 Å². The van der Waals surface area contributed by atoms with Crippen LogP contribution in [-0.4, -0.2) is 26.8 Å². The minimum absolute atomic E-state index is 0.0861. The zero-order valence-electron chi connectivity index (χ0n) is 16.5. The van der Waals surface area contributed by atoms with Crippen molar-refractivity contribution in [3.05, 3.63) is 76.7 Å². The Balaban J connectivity index is 1.57. The van der Waals surface area contributed by atoms with Crippen LogP contribution in [0.3, 0.4) is 0 Å². The highest BCUT2D eigenvalue weighted by molar-refractivity contribution is 6.07. The van der Waals surface area contributed by atoms with Gasteiger partial charge in [-0.25, -0.2) is 4.68 Å². The van der Waals surface area contributed by atoms with Crippen LogP contribution >= 0.6 is 0 Å². The molecule has 1 N–H and O–H groups in total. The monoisotopic (exact) mass is 388 g/mol. The fourth-order valence-corrected chi connectivity index (χ4v) is 3.74. The molecule has 0 fully saturated rings. The van der Waals surface area contributed by atoms with Crippen molar-refractivity contribution in [2.24, 2.45) is 0 Å². The molecule has 1 amide bonds. The van der Waals surface area contributed by atoms with E-state index in [0.29, 0.717) is 12.1 Å². The lowest BCUT2D eigenvalue weighted by Crippen LogP contribution is -2.35. The first-order valence-electron chi connectivity index (χ1n) is 9.96. The third-order valence-electron chi connectivity index (χ3n) is 5.09. The molecule has 0 unspecified atom stereocenters. The predicted molar refractivity (Wildman–Crippen MR) is 115 cm³/mol. The number of hydrogen-bond donors (Lipinski definition) is 1. The maximum absolute atomic E-state index is 13.1. The number of aromatic nitrogens is 3. The van der Waals surface area contributed by atoms with Gasteiger partial charge in [0.2, 0.25) is 5.91 Å². The van der Waals surface area contributed by atoms with Crippen LogP contribution in [-0.2, 0) is 24.3 Å². The van der Waals surface area contributed by atoms with Crippen LogP contribution in [0.15, 0.2) is 65.6 Å². The molecule has 6 heteroatoms. The quantitative estimate of drug-likeness (QED) is 0.529. The zero-order chi connectivity index (χ0) is 20.2. The summed E-state index contributed by atoms with van der Waals surface area (Å²) in [7, 11) is 0. The first kappa shape index (κ1) is 18.9. The summed E-state index contributed by atoms with van der Waals surface area (Å²) in [6.07, 6.45) is 3.36. The second-order valence-electron chi connectivity index (χ2n) is 7.12. The Morgan fingerprint density at radius 3 is 2.59 bits per heavy atom. The van der Waals surface area contributed by atoms with Crippen molar-refractivity contribution in [1.29, 1.82) is 0 Å². The van der Waals surface area contributed by atoms with Crippen LogP contribution in [0.5, 0.6) is 0 Å². The molecule has 2 aromatic carbocycles. The highest BCUT2D eigenvalue weighted by Crippen LogP contribution is 2.26. The molecular weight excluding hydrogens is 364 g/mol. The molecule has 4 rings (SSSR count). The molecule has 2 heterocycles. The number of aryl methyl sites for hydroxylation is 1. The number of para-hydroxylation sites is 1. The van der Waals surface area contributed by atoms with E-state index >= 15 is 0 Å². The Hall–Kier alpha value is -3.41. The maximum atomic E-state index is 13.1. The van der Waals surface area contributed by atoms with Gasteiger partial charge in [0.05, 0.1) is 6.20 Å². The van der Waals surface area contributed by atoms with E-state index in [2.05, 4.69) is 17.3 Å².